The lowest BCUT2D eigenvalue weighted by atomic mass is 10.2. The van der Waals surface area contributed by atoms with Crippen LogP contribution in [0.3, 0.4) is 0 Å². The first-order valence-corrected chi connectivity index (χ1v) is 8.41. The third-order valence-corrected chi connectivity index (χ3v) is 3.08. The summed E-state index contributed by atoms with van der Waals surface area (Å²) in [6.45, 7) is 6.59. The fourth-order valence-corrected chi connectivity index (χ4v) is 1.81. The molecule has 1 aromatic rings. The summed E-state index contributed by atoms with van der Waals surface area (Å²) < 4.78 is 10.8. The monoisotopic (exact) mass is 415 g/mol. The van der Waals surface area contributed by atoms with E-state index in [1.165, 1.54) is 12.3 Å². The molecule has 1 rings (SSSR count). The summed E-state index contributed by atoms with van der Waals surface area (Å²) in [5.41, 5.74) is -0.415. The van der Waals surface area contributed by atoms with E-state index in [2.05, 4.69) is 31.5 Å². The van der Waals surface area contributed by atoms with Crippen molar-refractivity contribution in [1.29, 1.82) is 0 Å². The number of pyridine rings is 1. The topological polar surface area (TPSA) is 107 Å². The van der Waals surface area contributed by atoms with Gasteiger partial charge in [0.05, 0.1) is 6.04 Å². The maximum atomic E-state index is 11.8. The van der Waals surface area contributed by atoms with Crippen LogP contribution in [-0.2, 0) is 14.3 Å². The Kier molecular flexibility index (Phi) is 7.82. The molecule has 0 aliphatic carbocycles. The summed E-state index contributed by atoms with van der Waals surface area (Å²) in [5, 5.41) is 4.96. The lowest BCUT2D eigenvalue weighted by Gasteiger charge is -2.21. The predicted octanol–water partition coefficient (Wildman–Crippen LogP) is 2.03. The Morgan fingerprint density at radius 1 is 1.28 bits per heavy atom. The van der Waals surface area contributed by atoms with Crippen LogP contribution in [0, 0.1) is 0 Å². The second-order valence-corrected chi connectivity index (χ2v) is 7.19. The Hall–Kier alpha value is -2.16. The fraction of sp³-hybridized carbons (Fsp3) is 0.500. The molecule has 1 aromatic heterocycles. The van der Waals surface area contributed by atoms with E-state index in [1.807, 2.05) is 0 Å². The largest absolute Gasteiger partial charge is 0.462 e. The van der Waals surface area contributed by atoms with Crippen LogP contribution in [0.4, 0.5) is 4.79 Å². The van der Waals surface area contributed by atoms with E-state index in [0.29, 0.717) is 0 Å². The molecule has 2 amide bonds. The van der Waals surface area contributed by atoms with E-state index in [0.717, 1.165) is 4.47 Å². The van der Waals surface area contributed by atoms with Crippen molar-refractivity contribution >= 4 is 33.9 Å². The average Bonchev–Trinajstić information content (AvgIpc) is 2.49. The fourth-order valence-electron chi connectivity index (χ4n) is 1.57. The van der Waals surface area contributed by atoms with E-state index in [9.17, 15) is 14.4 Å². The quantitative estimate of drug-likeness (QED) is 0.688. The van der Waals surface area contributed by atoms with Crippen molar-refractivity contribution in [2.75, 3.05) is 13.2 Å². The number of halogens is 1. The molecular formula is C16H22BrN3O5. The summed E-state index contributed by atoms with van der Waals surface area (Å²) in [4.78, 5) is 38.9. The summed E-state index contributed by atoms with van der Waals surface area (Å²) in [5.74, 6) is -1.10. The second kappa shape index (κ2) is 9.36. The van der Waals surface area contributed by atoms with E-state index >= 15 is 0 Å². The summed E-state index contributed by atoms with van der Waals surface area (Å²) >= 11 is 3.22. The van der Waals surface area contributed by atoms with Gasteiger partial charge in [0, 0.05) is 10.7 Å². The van der Waals surface area contributed by atoms with Crippen LogP contribution < -0.4 is 10.6 Å². The number of aromatic nitrogens is 1. The Morgan fingerprint density at radius 3 is 2.52 bits per heavy atom. The lowest BCUT2D eigenvalue weighted by molar-refractivity contribution is -0.143. The first-order chi connectivity index (χ1) is 11.6. The summed E-state index contributed by atoms with van der Waals surface area (Å²) in [6.07, 6.45) is 0.891. The molecule has 1 heterocycles. The molecule has 9 heteroatoms. The minimum Gasteiger partial charge on any atom is -0.462 e. The van der Waals surface area contributed by atoms with E-state index in [4.69, 9.17) is 9.47 Å². The van der Waals surface area contributed by atoms with E-state index in [-0.39, 0.29) is 18.8 Å². The Labute approximate surface area is 154 Å². The van der Waals surface area contributed by atoms with Crippen molar-refractivity contribution < 1.29 is 23.9 Å². The number of rotatable bonds is 6. The Bertz CT molecular complexity index is 613. The minimum absolute atomic E-state index is 0.0372. The number of nitrogens with zero attached hydrogens (tertiary/aromatic N) is 1. The van der Waals surface area contributed by atoms with Crippen LogP contribution in [-0.4, -0.2) is 47.7 Å². The molecule has 1 atom stereocenters. The molecule has 0 fully saturated rings. The van der Waals surface area contributed by atoms with Gasteiger partial charge in [0.25, 0.3) is 5.91 Å². The highest BCUT2D eigenvalue weighted by Crippen LogP contribution is 2.07. The zero-order valence-electron chi connectivity index (χ0n) is 14.6. The van der Waals surface area contributed by atoms with Crippen molar-refractivity contribution in [3.8, 4) is 0 Å². The third-order valence-electron chi connectivity index (χ3n) is 2.61. The molecule has 8 nitrogen and oxygen atoms in total. The van der Waals surface area contributed by atoms with Gasteiger partial charge in [-0.15, -0.1) is 0 Å². The van der Waals surface area contributed by atoms with Crippen molar-refractivity contribution in [2.45, 2.75) is 39.3 Å². The van der Waals surface area contributed by atoms with Gasteiger partial charge in [0.15, 0.2) is 0 Å². The smallest absolute Gasteiger partial charge is 0.407 e. The van der Waals surface area contributed by atoms with Crippen LogP contribution in [0.5, 0.6) is 0 Å². The van der Waals surface area contributed by atoms with Crippen molar-refractivity contribution in [3.63, 3.8) is 0 Å². The van der Waals surface area contributed by atoms with E-state index in [1.54, 1.807) is 33.8 Å². The van der Waals surface area contributed by atoms with Crippen LogP contribution in [0.2, 0.25) is 0 Å². The Balaban J connectivity index is 2.29. The number of ether oxygens (including phenoxy) is 2. The molecule has 0 aromatic carbocycles. The maximum absolute atomic E-state index is 11.8. The number of hydrogen-bond donors (Lipinski definition) is 2. The van der Waals surface area contributed by atoms with Gasteiger partial charge in [0.1, 0.15) is 24.4 Å². The molecule has 1 unspecified atom stereocenters. The van der Waals surface area contributed by atoms with Crippen molar-refractivity contribution in [2.24, 2.45) is 0 Å². The first kappa shape index (κ1) is 20.9. The highest BCUT2D eigenvalue weighted by Gasteiger charge is 2.18. The van der Waals surface area contributed by atoms with Gasteiger partial charge in [-0.3, -0.25) is 9.59 Å². The van der Waals surface area contributed by atoms with Gasteiger partial charge in [0.2, 0.25) is 0 Å². The zero-order valence-corrected chi connectivity index (χ0v) is 16.2. The number of esters is 1. The standard InChI is InChI=1S/C16H22BrN3O5/c1-10(20-15(23)25-16(2,3)4)9-24-13(21)8-19-14(22)12-6-5-11(17)7-18-12/h5-7,10H,8-9H2,1-4H3,(H,19,22)(H,20,23). The molecule has 25 heavy (non-hydrogen) atoms. The van der Waals surface area contributed by atoms with Crippen LogP contribution in [0.1, 0.15) is 38.2 Å². The zero-order chi connectivity index (χ0) is 19.0. The van der Waals surface area contributed by atoms with E-state index < -0.39 is 29.6 Å². The first-order valence-electron chi connectivity index (χ1n) is 7.61. The highest BCUT2D eigenvalue weighted by molar-refractivity contribution is 9.10. The molecule has 0 aliphatic rings. The molecule has 138 valence electrons. The number of carbonyl (C=O) groups excluding carboxylic acids is 3. The summed E-state index contributed by atoms with van der Waals surface area (Å²) in [7, 11) is 0. The molecule has 0 saturated carbocycles. The predicted molar refractivity (Wildman–Crippen MR) is 94.1 cm³/mol. The normalized spacial score (nSPS) is 12.0. The second-order valence-electron chi connectivity index (χ2n) is 6.27. The van der Waals surface area contributed by atoms with Crippen LogP contribution in [0.25, 0.3) is 0 Å². The van der Waals surface area contributed by atoms with Gasteiger partial charge >= 0.3 is 12.1 Å². The van der Waals surface area contributed by atoms with Crippen molar-refractivity contribution in [1.82, 2.24) is 15.6 Å². The lowest BCUT2D eigenvalue weighted by Crippen LogP contribution is -2.41. The molecule has 0 radical (unpaired) electrons. The number of hydrogen-bond acceptors (Lipinski definition) is 6. The number of amides is 2. The third kappa shape index (κ3) is 9.04. The highest BCUT2D eigenvalue weighted by atomic mass is 79.9. The Morgan fingerprint density at radius 2 is 1.96 bits per heavy atom. The molecule has 0 bridgehead atoms. The van der Waals surface area contributed by atoms with Crippen LogP contribution in [0.15, 0.2) is 22.8 Å². The average molecular weight is 416 g/mol. The minimum atomic E-state index is -0.622. The van der Waals surface area contributed by atoms with Gasteiger partial charge in [-0.05, 0) is 55.8 Å². The molecule has 2 N–H and O–H groups in total. The van der Waals surface area contributed by atoms with Gasteiger partial charge in [-0.25, -0.2) is 9.78 Å². The van der Waals surface area contributed by atoms with Crippen LogP contribution >= 0.6 is 15.9 Å². The van der Waals surface area contributed by atoms with Gasteiger partial charge < -0.3 is 20.1 Å². The molecule has 0 spiro atoms. The number of carbonyl (C=O) groups is 3. The van der Waals surface area contributed by atoms with Gasteiger partial charge in [-0.2, -0.15) is 0 Å². The molecule has 0 saturated heterocycles. The van der Waals surface area contributed by atoms with Crippen molar-refractivity contribution in [3.05, 3.63) is 28.5 Å². The number of nitrogens with one attached hydrogen (secondary N) is 2. The summed E-state index contributed by atoms with van der Waals surface area (Å²) in [6, 6.07) is 2.77. The molecular weight excluding hydrogens is 394 g/mol. The maximum Gasteiger partial charge on any atom is 0.407 e. The van der Waals surface area contributed by atoms with Gasteiger partial charge in [-0.1, -0.05) is 0 Å². The molecule has 0 aliphatic heterocycles. The SMILES string of the molecule is CC(COC(=O)CNC(=O)c1ccc(Br)cn1)NC(=O)OC(C)(C)C. The number of alkyl carbamates (subject to hydrolysis) is 1.